The molecule has 0 bridgehead atoms. The number of aliphatic hydroxyl groups is 1. The highest BCUT2D eigenvalue weighted by atomic mass is 16.6. The molecule has 1 rings (SSSR count). The molecule has 0 aliphatic rings. The first-order chi connectivity index (χ1) is 10.1. The van der Waals surface area contributed by atoms with E-state index in [0.29, 0.717) is 25.3 Å². The molecule has 0 aliphatic carbocycles. The summed E-state index contributed by atoms with van der Waals surface area (Å²) in [6.07, 6.45) is 0.647. The van der Waals surface area contributed by atoms with Gasteiger partial charge in [0.05, 0.1) is 18.1 Å². The molecular formula is C13H19N3O5. The highest BCUT2D eigenvalue weighted by Crippen LogP contribution is 2.25. The molecule has 3 N–H and O–H groups in total. The summed E-state index contributed by atoms with van der Waals surface area (Å²) < 4.78 is 5.09. The van der Waals surface area contributed by atoms with Gasteiger partial charge in [-0.15, -0.1) is 0 Å². The number of nitrogens with zero attached hydrogens (tertiary/aromatic N) is 1. The smallest absolute Gasteiger partial charge is 0.293 e. The molecule has 116 valence electrons. The molecule has 0 saturated carbocycles. The Morgan fingerprint density at radius 2 is 2.19 bits per heavy atom. The second-order valence-corrected chi connectivity index (χ2v) is 4.18. The van der Waals surface area contributed by atoms with Crippen LogP contribution in [-0.2, 0) is 4.74 Å². The van der Waals surface area contributed by atoms with Gasteiger partial charge in [0.2, 0.25) is 0 Å². The number of nitro groups is 1. The van der Waals surface area contributed by atoms with E-state index in [9.17, 15) is 14.9 Å². The highest BCUT2D eigenvalue weighted by molar-refractivity contribution is 5.95. The van der Waals surface area contributed by atoms with Crippen LogP contribution in [-0.4, -0.2) is 49.4 Å². The third kappa shape index (κ3) is 5.36. The fourth-order valence-electron chi connectivity index (χ4n) is 1.68. The number of hydrogen-bond acceptors (Lipinski definition) is 6. The molecule has 0 saturated heterocycles. The minimum Gasteiger partial charge on any atom is -0.394 e. The predicted molar refractivity (Wildman–Crippen MR) is 77.5 cm³/mol. The fraction of sp³-hybridized carbons (Fsp3) is 0.462. The van der Waals surface area contributed by atoms with Crippen LogP contribution in [0.25, 0.3) is 0 Å². The topological polar surface area (TPSA) is 114 Å². The van der Waals surface area contributed by atoms with Gasteiger partial charge in [0.1, 0.15) is 5.69 Å². The summed E-state index contributed by atoms with van der Waals surface area (Å²) in [7, 11) is 1.46. The van der Waals surface area contributed by atoms with Gasteiger partial charge in [-0.25, -0.2) is 0 Å². The molecule has 0 radical (unpaired) electrons. The number of nitrogens with one attached hydrogen (secondary N) is 2. The number of amides is 1. The van der Waals surface area contributed by atoms with Crippen molar-refractivity contribution in [2.24, 2.45) is 0 Å². The molecule has 8 heteroatoms. The van der Waals surface area contributed by atoms with Gasteiger partial charge in [0.15, 0.2) is 0 Å². The second kappa shape index (κ2) is 8.88. The van der Waals surface area contributed by atoms with Gasteiger partial charge < -0.3 is 20.5 Å². The van der Waals surface area contributed by atoms with Gasteiger partial charge in [-0.2, -0.15) is 0 Å². The van der Waals surface area contributed by atoms with Crippen molar-refractivity contribution in [3.05, 3.63) is 33.9 Å². The van der Waals surface area contributed by atoms with Crippen LogP contribution in [0.2, 0.25) is 0 Å². The lowest BCUT2D eigenvalue weighted by molar-refractivity contribution is -0.384. The van der Waals surface area contributed by atoms with Crippen LogP contribution in [0, 0.1) is 10.1 Å². The number of nitro benzene ring substituents is 1. The van der Waals surface area contributed by atoms with Gasteiger partial charge in [0, 0.05) is 31.8 Å². The molecule has 0 aliphatic heterocycles. The van der Waals surface area contributed by atoms with Crippen molar-refractivity contribution >= 4 is 17.3 Å². The number of rotatable bonds is 9. The average molecular weight is 297 g/mol. The lowest BCUT2D eigenvalue weighted by atomic mass is 10.1. The SMILES string of the molecule is CNC(=O)c1ccc(NCCCOCCO)c([N+](=O)[O-])c1. The summed E-state index contributed by atoms with van der Waals surface area (Å²) in [5.41, 5.74) is 0.447. The number of benzene rings is 1. The molecular weight excluding hydrogens is 278 g/mol. The summed E-state index contributed by atoms with van der Waals surface area (Å²) in [6.45, 7) is 1.20. The molecule has 0 aromatic heterocycles. The van der Waals surface area contributed by atoms with Crippen LogP contribution in [0.15, 0.2) is 18.2 Å². The zero-order chi connectivity index (χ0) is 15.7. The van der Waals surface area contributed by atoms with E-state index in [1.165, 1.54) is 25.2 Å². The van der Waals surface area contributed by atoms with Gasteiger partial charge in [-0.05, 0) is 18.6 Å². The number of aliphatic hydroxyl groups excluding tert-OH is 1. The average Bonchev–Trinajstić information content (AvgIpc) is 2.49. The first-order valence-electron chi connectivity index (χ1n) is 6.53. The van der Waals surface area contributed by atoms with Crippen LogP contribution in [0.3, 0.4) is 0 Å². The van der Waals surface area contributed by atoms with Crippen molar-refractivity contribution in [2.75, 3.05) is 38.7 Å². The van der Waals surface area contributed by atoms with E-state index >= 15 is 0 Å². The van der Waals surface area contributed by atoms with Crippen molar-refractivity contribution in [3.63, 3.8) is 0 Å². The van der Waals surface area contributed by atoms with Gasteiger partial charge >= 0.3 is 0 Å². The molecule has 0 heterocycles. The lowest BCUT2D eigenvalue weighted by Gasteiger charge is -2.08. The Morgan fingerprint density at radius 1 is 1.43 bits per heavy atom. The molecule has 0 unspecified atom stereocenters. The quantitative estimate of drug-likeness (QED) is 0.352. The number of carbonyl (C=O) groups excluding carboxylic acids is 1. The molecule has 1 aromatic carbocycles. The molecule has 21 heavy (non-hydrogen) atoms. The Bertz CT molecular complexity index is 493. The molecule has 8 nitrogen and oxygen atoms in total. The van der Waals surface area contributed by atoms with Crippen molar-refractivity contribution in [2.45, 2.75) is 6.42 Å². The Morgan fingerprint density at radius 3 is 2.81 bits per heavy atom. The van der Waals surface area contributed by atoms with Crippen molar-refractivity contribution in [1.82, 2.24) is 5.32 Å². The van der Waals surface area contributed by atoms with Crippen molar-refractivity contribution in [3.8, 4) is 0 Å². The van der Waals surface area contributed by atoms with E-state index in [1.807, 2.05) is 0 Å². The first-order valence-corrected chi connectivity index (χ1v) is 6.53. The lowest BCUT2D eigenvalue weighted by Crippen LogP contribution is -2.18. The Hall–Kier alpha value is -2.19. The predicted octanol–water partition coefficient (Wildman–Crippen LogP) is 0.765. The van der Waals surface area contributed by atoms with E-state index in [2.05, 4.69) is 10.6 Å². The molecule has 0 spiro atoms. The molecule has 0 atom stereocenters. The number of carbonyl (C=O) groups is 1. The van der Waals surface area contributed by atoms with Gasteiger partial charge in [-0.3, -0.25) is 14.9 Å². The Balaban J connectivity index is 2.65. The van der Waals surface area contributed by atoms with E-state index in [1.54, 1.807) is 0 Å². The maximum absolute atomic E-state index is 11.5. The van der Waals surface area contributed by atoms with Gasteiger partial charge in [0.25, 0.3) is 11.6 Å². The molecule has 1 aromatic rings. The minimum atomic E-state index is -0.531. The van der Waals surface area contributed by atoms with Crippen molar-refractivity contribution < 1.29 is 19.6 Å². The van der Waals surface area contributed by atoms with Crippen LogP contribution in [0.1, 0.15) is 16.8 Å². The van der Waals surface area contributed by atoms with Crippen LogP contribution < -0.4 is 10.6 Å². The van der Waals surface area contributed by atoms with E-state index in [-0.39, 0.29) is 30.4 Å². The summed E-state index contributed by atoms with van der Waals surface area (Å²) in [5, 5.41) is 24.9. The maximum atomic E-state index is 11.5. The standard InChI is InChI=1S/C13H19N3O5/c1-14-13(18)10-3-4-11(12(9-10)16(19)20)15-5-2-7-21-8-6-17/h3-4,9,15,17H,2,5-8H2,1H3,(H,14,18). The van der Waals surface area contributed by atoms with Crippen LogP contribution in [0.5, 0.6) is 0 Å². The third-order valence-electron chi connectivity index (χ3n) is 2.70. The summed E-state index contributed by atoms with van der Waals surface area (Å²) >= 11 is 0. The number of hydrogen-bond donors (Lipinski definition) is 3. The fourth-order valence-corrected chi connectivity index (χ4v) is 1.68. The molecule has 0 fully saturated rings. The van der Waals surface area contributed by atoms with E-state index in [0.717, 1.165) is 0 Å². The summed E-state index contributed by atoms with van der Waals surface area (Å²) in [6, 6.07) is 4.27. The van der Waals surface area contributed by atoms with Crippen LogP contribution >= 0.6 is 0 Å². The largest absolute Gasteiger partial charge is 0.394 e. The minimum absolute atomic E-state index is 0.0279. The maximum Gasteiger partial charge on any atom is 0.293 e. The normalized spacial score (nSPS) is 10.2. The zero-order valence-corrected chi connectivity index (χ0v) is 11.8. The summed E-state index contributed by atoms with van der Waals surface area (Å²) in [4.78, 5) is 22.0. The highest BCUT2D eigenvalue weighted by Gasteiger charge is 2.16. The second-order valence-electron chi connectivity index (χ2n) is 4.18. The zero-order valence-electron chi connectivity index (χ0n) is 11.8. The van der Waals surface area contributed by atoms with Crippen molar-refractivity contribution in [1.29, 1.82) is 0 Å². The third-order valence-corrected chi connectivity index (χ3v) is 2.70. The Kier molecular flexibility index (Phi) is 7.13. The molecule has 1 amide bonds. The number of ether oxygens (including phenoxy) is 1. The van der Waals surface area contributed by atoms with E-state index < -0.39 is 4.92 Å². The monoisotopic (exact) mass is 297 g/mol. The van der Waals surface area contributed by atoms with E-state index in [4.69, 9.17) is 9.84 Å². The summed E-state index contributed by atoms with van der Waals surface area (Å²) in [5.74, 6) is -0.373. The van der Waals surface area contributed by atoms with Crippen LogP contribution in [0.4, 0.5) is 11.4 Å². The van der Waals surface area contributed by atoms with Gasteiger partial charge in [-0.1, -0.05) is 0 Å². The first kappa shape index (κ1) is 16.9. The Labute approximate surface area is 122 Å². The number of anilines is 1.